The minimum absolute atomic E-state index is 0.00268. The molecule has 2 aliphatic heterocycles. The van der Waals surface area contributed by atoms with Gasteiger partial charge in [0.05, 0.1) is 29.8 Å². The molecular weight excluding hydrogens is 556 g/mol. The van der Waals surface area contributed by atoms with Gasteiger partial charge in [0.2, 0.25) is 0 Å². The van der Waals surface area contributed by atoms with Crippen LogP contribution in [0.15, 0.2) is 53.5 Å². The van der Waals surface area contributed by atoms with Crippen LogP contribution in [-0.4, -0.2) is 88.4 Å². The third-order valence-electron chi connectivity index (χ3n) is 8.33. The van der Waals surface area contributed by atoms with Crippen molar-refractivity contribution < 1.29 is 14.3 Å². The van der Waals surface area contributed by atoms with Crippen LogP contribution in [0.2, 0.25) is 0 Å². The summed E-state index contributed by atoms with van der Waals surface area (Å²) in [4.78, 5) is 43.1. The first-order valence-corrected chi connectivity index (χ1v) is 15.5. The summed E-state index contributed by atoms with van der Waals surface area (Å²) in [6.07, 6.45) is 4.14. The molecule has 2 fully saturated rings. The summed E-state index contributed by atoms with van der Waals surface area (Å²) >= 11 is 0. The Hall–Kier alpha value is -4.18. The molecule has 2 aromatic carbocycles. The Bertz CT molecular complexity index is 1750. The highest BCUT2D eigenvalue weighted by molar-refractivity contribution is 5.93. The number of aryl methyl sites for hydroxylation is 1. The number of amides is 1. The van der Waals surface area contributed by atoms with Gasteiger partial charge in [0.1, 0.15) is 16.9 Å². The molecule has 2 aliphatic rings. The summed E-state index contributed by atoms with van der Waals surface area (Å²) in [6, 6.07) is 14.4. The van der Waals surface area contributed by atoms with Crippen molar-refractivity contribution >= 4 is 33.6 Å². The lowest BCUT2D eigenvalue weighted by molar-refractivity contribution is 0.0123. The number of hydrogen-bond acceptors (Lipinski definition) is 8. The topological polar surface area (TPSA) is 93.0 Å². The van der Waals surface area contributed by atoms with E-state index < -0.39 is 5.60 Å². The molecule has 4 aromatic rings. The molecule has 4 heterocycles. The molecule has 6 rings (SSSR count). The number of anilines is 1. The smallest absolute Gasteiger partial charge is 0.410 e. The molecule has 0 radical (unpaired) electrons. The molecular formula is C34H42N6O4. The van der Waals surface area contributed by atoms with E-state index in [1.807, 2.05) is 83.2 Å². The first-order valence-electron chi connectivity index (χ1n) is 15.5. The van der Waals surface area contributed by atoms with Crippen molar-refractivity contribution in [1.82, 2.24) is 24.3 Å². The van der Waals surface area contributed by atoms with Crippen molar-refractivity contribution in [3.05, 3.63) is 64.6 Å². The predicted molar refractivity (Wildman–Crippen MR) is 173 cm³/mol. The van der Waals surface area contributed by atoms with Gasteiger partial charge in [-0.05, 0) is 84.1 Å². The number of carbonyl (C=O) groups is 1. The number of fused-ring (bicyclic) bond motifs is 4. The van der Waals surface area contributed by atoms with E-state index in [4.69, 9.17) is 14.5 Å². The number of ether oxygens (including phenoxy) is 2. The van der Waals surface area contributed by atoms with Crippen LogP contribution in [0.5, 0.6) is 6.01 Å². The molecule has 232 valence electrons. The van der Waals surface area contributed by atoms with Gasteiger partial charge in [-0.2, -0.15) is 9.97 Å². The molecule has 2 aromatic heterocycles. The van der Waals surface area contributed by atoms with E-state index in [0.29, 0.717) is 36.4 Å². The van der Waals surface area contributed by atoms with E-state index in [0.717, 1.165) is 47.8 Å². The summed E-state index contributed by atoms with van der Waals surface area (Å²) in [7, 11) is 4.04. The van der Waals surface area contributed by atoms with Gasteiger partial charge >= 0.3 is 12.1 Å². The van der Waals surface area contributed by atoms with E-state index in [1.54, 1.807) is 4.57 Å². The number of hydrogen-bond donors (Lipinski definition) is 0. The van der Waals surface area contributed by atoms with Crippen LogP contribution in [-0.2, 0) is 4.74 Å². The Kier molecular flexibility index (Phi) is 7.96. The molecule has 0 aliphatic carbocycles. The highest BCUT2D eigenvalue weighted by atomic mass is 16.6. The molecule has 2 saturated heterocycles. The summed E-state index contributed by atoms with van der Waals surface area (Å²) in [5.41, 5.74) is 1.41. The minimum Gasteiger partial charge on any atom is -0.463 e. The van der Waals surface area contributed by atoms with Gasteiger partial charge in [-0.25, -0.2) is 4.79 Å². The fourth-order valence-corrected chi connectivity index (χ4v) is 6.45. The second kappa shape index (κ2) is 11.7. The zero-order chi connectivity index (χ0) is 31.2. The van der Waals surface area contributed by atoms with Crippen LogP contribution < -0.4 is 15.2 Å². The summed E-state index contributed by atoms with van der Waals surface area (Å²) in [5, 5.41) is 2.74. The first kappa shape index (κ1) is 29.9. The lowest BCUT2D eigenvalue weighted by atomic mass is 10.1. The number of nitrogens with zero attached hydrogens (tertiary/aromatic N) is 6. The summed E-state index contributed by atoms with van der Waals surface area (Å²) < 4.78 is 13.5. The van der Waals surface area contributed by atoms with Crippen LogP contribution in [0, 0.1) is 6.92 Å². The Morgan fingerprint density at radius 1 is 1.02 bits per heavy atom. The average Bonchev–Trinajstić information content (AvgIpc) is 3.23. The van der Waals surface area contributed by atoms with Crippen molar-refractivity contribution in [2.24, 2.45) is 0 Å². The van der Waals surface area contributed by atoms with Crippen LogP contribution in [0.4, 0.5) is 10.6 Å². The lowest BCUT2D eigenvalue weighted by Gasteiger charge is -2.42. The average molecular weight is 599 g/mol. The number of aromatic nitrogens is 3. The van der Waals surface area contributed by atoms with E-state index in [1.165, 1.54) is 0 Å². The monoisotopic (exact) mass is 598 g/mol. The van der Waals surface area contributed by atoms with Crippen LogP contribution in [0.1, 0.15) is 45.6 Å². The number of benzene rings is 2. The Morgan fingerprint density at radius 3 is 2.45 bits per heavy atom. The van der Waals surface area contributed by atoms with Crippen LogP contribution >= 0.6 is 0 Å². The lowest BCUT2D eigenvalue weighted by Crippen LogP contribution is -2.57. The number of rotatable bonds is 7. The molecule has 10 heteroatoms. The number of carbonyl (C=O) groups excluding carboxylic acids is 1. The molecule has 0 spiro atoms. The van der Waals surface area contributed by atoms with Crippen molar-refractivity contribution in [3.63, 3.8) is 0 Å². The molecule has 2 unspecified atom stereocenters. The second-order valence-electron chi connectivity index (χ2n) is 13.3. The van der Waals surface area contributed by atoms with E-state index in [2.05, 4.69) is 26.9 Å². The van der Waals surface area contributed by atoms with Crippen molar-refractivity contribution in [3.8, 4) is 11.7 Å². The molecule has 2 bridgehead atoms. The third kappa shape index (κ3) is 5.95. The predicted octanol–water partition coefficient (Wildman–Crippen LogP) is 5.16. The molecule has 10 nitrogen and oxygen atoms in total. The molecule has 0 saturated carbocycles. The molecule has 1 amide bonds. The fourth-order valence-electron chi connectivity index (χ4n) is 6.45. The van der Waals surface area contributed by atoms with Crippen molar-refractivity contribution in [1.29, 1.82) is 0 Å². The minimum atomic E-state index is -0.558. The highest BCUT2D eigenvalue weighted by Gasteiger charge is 2.45. The standard InChI is InChI=1S/C34H42N6O4/c1-22-18-23-10-7-8-11-26(23)28(19-22)39-16-14-27-29(31(39)41)35-32(43-17-9-15-37(5)6)36-30(27)38-20-24-12-13-25(21-38)40(24)33(42)44-34(2,3)4/h7-8,10-11,14,16,18-19,24-25H,9,12-13,15,17,20-21H2,1-6H3. The SMILES string of the molecule is Cc1cc(-n2ccc3c(N4CC5CCC(C4)N5C(=O)OC(C)(C)C)nc(OCCCN(C)C)nc3c2=O)c2ccccc2c1. The quantitative estimate of drug-likeness (QED) is 0.270. The third-order valence-corrected chi connectivity index (χ3v) is 8.33. The largest absolute Gasteiger partial charge is 0.463 e. The van der Waals surface area contributed by atoms with Gasteiger partial charge in [0.15, 0.2) is 0 Å². The fraction of sp³-hybridized carbons (Fsp3) is 0.471. The number of piperazine rings is 1. The van der Waals surface area contributed by atoms with Crippen LogP contribution in [0.3, 0.4) is 0 Å². The zero-order valence-electron chi connectivity index (χ0n) is 26.5. The maximum Gasteiger partial charge on any atom is 0.410 e. The van der Waals surface area contributed by atoms with Gasteiger partial charge in [0.25, 0.3) is 5.56 Å². The Labute approximate surface area is 258 Å². The highest BCUT2D eigenvalue weighted by Crippen LogP contribution is 2.36. The van der Waals surface area contributed by atoms with Gasteiger partial charge in [-0.1, -0.05) is 30.3 Å². The van der Waals surface area contributed by atoms with Crippen molar-refractivity contribution in [2.75, 3.05) is 45.2 Å². The Morgan fingerprint density at radius 2 is 1.75 bits per heavy atom. The van der Waals surface area contributed by atoms with E-state index in [-0.39, 0.29) is 29.7 Å². The molecule has 2 atom stereocenters. The maximum atomic E-state index is 14.2. The van der Waals surface area contributed by atoms with Gasteiger partial charge in [-0.3, -0.25) is 14.3 Å². The maximum absolute atomic E-state index is 14.2. The zero-order valence-corrected chi connectivity index (χ0v) is 26.5. The summed E-state index contributed by atoms with van der Waals surface area (Å²) in [5.74, 6) is 0.664. The van der Waals surface area contributed by atoms with E-state index in [9.17, 15) is 9.59 Å². The summed E-state index contributed by atoms with van der Waals surface area (Å²) in [6.45, 7) is 10.2. The van der Waals surface area contributed by atoms with Gasteiger partial charge < -0.3 is 19.3 Å². The molecule has 0 N–H and O–H groups in total. The molecule has 44 heavy (non-hydrogen) atoms. The van der Waals surface area contributed by atoms with Crippen molar-refractivity contribution in [2.45, 2.75) is 64.6 Å². The van der Waals surface area contributed by atoms with Crippen LogP contribution in [0.25, 0.3) is 27.4 Å². The van der Waals surface area contributed by atoms with Gasteiger partial charge in [0, 0.05) is 31.2 Å². The Balaban J connectivity index is 1.41. The normalized spacial score (nSPS) is 18.4. The number of pyridine rings is 1. The van der Waals surface area contributed by atoms with E-state index >= 15 is 0 Å². The van der Waals surface area contributed by atoms with Gasteiger partial charge in [-0.15, -0.1) is 0 Å². The second-order valence-corrected chi connectivity index (χ2v) is 13.3. The first-order chi connectivity index (χ1) is 21.0.